The molecule has 0 N–H and O–H groups in total. The van der Waals surface area contributed by atoms with Crippen molar-refractivity contribution in [2.75, 3.05) is 0 Å². The number of allylic oxidation sites excluding steroid dienone is 3. The lowest BCUT2D eigenvalue weighted by Gasteiger charge is -1.94. The smallest absolute Gasteiger partial charge is 0.208 e. The second-order valence-electron chi connectivity index (χ2n) is 2.93. The molecule has 0 aliphatic rings. The first kappa shape index (κ1) is 11.7. The molecule has 0 amide bonds. The van der Waals surface area contributed by atoms with Crippen LogP contribution in [0.1, 0.15) is 27.2 Å². The number of rotatable bonds is 3. The summed E-state index contributed by atoms with van der Waals surface area (Å²) >= 11 is 0. The second-order valence-corrected chi connectivity index (χ2v) is 5.40. The molecule has 0 saturated carbocycles. The molecule has 0 fully saturated rings. The van der Waals surface area contributed by atoms with Crippen molar-refractivity contribution >= 4 is 19.7 Å². The van der Waals surface area contributed by atoms with Crippen LogP contribution in [-0.2, 0) is 9.05 Å². The predicted octanol–water partition coefficient (Wildman–Crippen LogP) is 2.82. The van der Waals surface area contributed by atoms with Crippen LogP contribution in [0.4, 0.5) is 0 Å². The molecule has 0 unspecified atom stereocenters. The van der Waals surface area contributed by atoms with E-state index in [0.717, 1.165) is 16.6 Å². The molecule has 0 aliphatic heterocycles. The molecule has 0 aromatic heterocycles. The summed E-state index contributed by atoms with van der Waals surface area (Å²) in [4.78, 5) is 0. The summed E-state index contributed by atoms with van der Waals surface area (Å²) in [6, 6.07) is 0. The largest absolute Gasteiger partial charge is 0.254 e. The minimum atomic E-state index is -3.49. The molecule has 4 heteroatoms. The summed E-state index contributed by atoms with van der Waals surface area (Å²) in [5, 5.41) is 1.08. The lowest BCUT2D eigenvalue weighted by atomic mass is 10.2. The van der Waals surface area contributed by atoms with Crippen LogP contribution in [-0.4, -0.2) is 8.42 Å². The van der Waals surface area contributed by atoms with Gasteiger partial charge >= 0.3 is 0 Å². The zero-order valence-corrected chi connectivity index (χ0v) is 9.04. The van der Waals surface area contributed by atoms with Crippen molar-refractivity contribution in [3.8, 4) is 0 Å². The van der Waals surface area contributed by atoms with Crippen LogP contribution in [0.15, 0.2) is 22.6 Å². The summed E-state index contributed by atoms with van der Waals surface area (Å²) in [6.07, 6.45) is 2.59. The molecule has 70 valence electrons. The van der Waals surface area contributed by atoms with Gasteiger partial charge in [0.25, 0.3) is 9.05 Å². The van der Waals surface area contributed by atoms with Crippen LogP contribution >= 0.6 is 10.7 Å². The third-order valence-electron chi connectivity index (χ3n) is 1.17. The van der Waals surface area contributed by atoms with E-state index in [4.69, 9.17) is 10.7 Å². The predicted molar refractivity (Wildman–Crippen MR) is 52.6 cm³/mol. The molecular formula is C8H13ClO2S. The Hall–Kier alpha value is -0.280. The first-order chi connectivity index (χ1) is 5.31. The average Bonchev–Trinajstić information content (AvgIpc) is 1.79. The summed E-state index contributed by atoms with van der Waals surface area (Å²) in [6.45, 7) is 5.66. The Labute approximate surface area is 78.3 Å². The monoisotopic (exact) mass is 208 g/mol. The fraction of sp³-hybridized carbons (Fsp3) is 0.500. The van der Waals surface area contributed by atoms with E-state index in [1.54, 1.807) is 6.92 Å². The highest BCUT2D eigenvalue weighted by Gasteiger charge is 1.99. The Bertz CT molecular complexity index is 295. The third kappa shape index (κ3) is 7.82. The summed E-state index contributed by atoms with van der Waals surface area (Å²) in [5.41, 5.74) is 1.90. The molecule has 0 aromatic carbocycles. The molecule has 0 atom stereocenters. The molecule has 0 aromatic rings. The van der Waals surface area contributed by atoms with E-state index in [1.807, 2.05) is 19.9 Å². The molecule has 0 radical (unpaired) electrons. The Kier molecular flexibility index (Phi) is 4.57. The number of halogens is 1. The fourth-order valence-corrected chi connectivity index (χ4v) is 1.69. The standard InChI is InChI=1S/C8H13ClO2S/c1-7(2)4-5-8(3)6-12(9,10)11/h4,6H,5H2,1-3H3/b8-6+. The van der Waals surface area contributed by atoms with E-state index in [1.165, 1.54) is 0 Å². The highest BCUT2D eigenvalue weighted by Crippen LogP contribution is 2.09. The molecule has 2 nitrogen and oxygen atoms in total. The van der Waals surface area contributed by atoms with Crippen LogP contribution in [0.5, 0.6) is 0 Å². The molecule has 0 saturated heterocycles. The van der Waals surface area contributed by atoms with Gasteiger partial charge in [-0.15, -0.1) is 0 Å². The highest BCUT2D eigenvalue weighted by atomic mass is 35.7. The van der Waals surface area contributed by atoms with Crippen LogP contribution in [0.25, 0.3) is 0 Å². The summed E-state index contributed by atoms with van der Waals surface area (Å²) < 4.78 is 21.1. The van der Waals surface area contributed by atoms with E-state index in [-0.39, 0.29) is 0 Å². The highest BCUT2D eigenvalue weighted by molar-refractivity contribution is 8.16. The molecule has 0 heterocycles. The van der Waals surface area contributed by atoms with E-state index in [2.05, 4.69) is 0 Å². The normalized spacial score (nSPS) is 12.8. The van der Waals surface area contributed by atoms with Crippen molar-refractivity contribution < 1.29 is 8.42 Å². The van der Waals surface area contributed by atoms with E-state index in [0.29, 0.717) is 6.42 Å². The lowest BCUT2D eigenvalue weighted by molar-refractivity contribution is 0.617. The van der Waals surface area contributed by atoms with Crippen molar-refractivity contribution in [1.82, 2.24) is 0 Å². The van der Waals surface area contributed by atoms with Gasteiger partial charge < -0.3 is 0 Å². The van der Waals surface area contributed by atoms with Crippen LogP contribution < -0.4 is 0 Å². The Morgan fingerprint density at radius 1 is 1.33 bits per heavy atom. The maximum Gasteiger partial charge on any atom is 0.254 e. The van der Waals surface area contributed by atoms with E-state index in [9.17, 15) is 8.42 Å². The van der Waals surface area contributed by atoms with Crippen molar-refractivity contribution in [3.05, 3.63) is 22.6 Å². The van der Waals surface area contributed by atoms with Crippen molar-refractivity contribution in [2.24, 2.45) is 0 Å². The lowest BCUT2D eigenvalue weighted by Crippen LogP contribution is -1.83. The summed E-state index contributed by atoms with van der Waals surface area (Å²) in [5.74, 6) is 0. The first-order valence-corrected chi connectivity index (χ1v) is 5.93. The summed E-state index contributed by atoms with van der Waals surface area (Å²) in [7, 11) is 1.53. The van der Waals surface area contributed by atoms with Crippen molar-refractivity contribution in [1.29, 1.82) is 0 Å². The molecule has 0 bridgehead atoms. The van der Waals surface area contributed by atoms with Crippen LogP contribution in [0.3, 0.4) is 0 Å². The van der Waals surface area contributed by atoms with Gasteiger partial charge in [-0.1, -0.05) is 17.2 Å². The Morgan fingerprint density at radius 2 is 1.83 bits per heavy atom. The van der Waals surface area contributed by atoms with Crippen LogP contribution in [0, 0.1) is 0 Å². The van der Waals surface area contributed by atoms with Gasteiger partial charge in [0, 0.05) is 16.1 Å². The second kappa shape index (κ2) is 4.67. The Balaban J connectivity index is 4.33. The first-order valence-electron chi connectivity index (χ1n) is 3.56. The number of hydrogen-bond donors (Lipinski definition) is 0. The zero-order chi connectivity index (χ0) is 9.78. The van der Waals surface area contributed by atoms with Gasteiger partial charge in [0.05, 0.1) is 0 Å². The zero-order valence-electron chi connectivity index (χ0n) is 7.46. The van der Waals surface area contributed by atoms with Gasteiger partial charge in [-0.3, -0.25) is 0 Å². The molecule has 0 aliphatic carbocycles. The number of hydrogen-bond acceptors (Lipinski definition) is 2. The fourth-order valence-electron chi connectivity index (χ4n) is 0.654. The topological polar surface area (TPSA) is 34.1 Å². The quantitative estimate of drug-likeness (QED) is 0.528. The van der Waals surface area contributed by atoms with E-state index < -0.39 is 9.05 Å². The molecule has 12 heavy (non-hydrogen) atoms. The SMILES string of the molecule is CC(C)=CC/C(C)=C/S(=O)(=O)Cl. The third-order valence-corrected chi connectivity index (χ3v) is 2.13. The van der Waals surface area contributed by atoms with Gasteiger partial charge in [-0.2, -0.15) is 0 Å². The van der Waals surface area contributed by atoms with Crippen molar-refractivity contribution in [3.63, 3.8) is 0 Å². The Morgan fingerprint density at radius 3 is 2.17 bits per heavy atom. The van der Waals surface area contributed by atoms with Crippen molar-refractivity contribution in [2.45, 2.75) is 27.2 Å². The van der Waals surface area contributed by atoms with Gasteiger partial charge in [0.15, 0.2) is 0 Å². The molecule has 0 rings (SSSR count). The van der Waals surface area contributed by atoms with Gasteiger partial charge in [-0.25, -0.2) is 8.42 Å². The van der Waals surface area contributed by atoms with Crippen LogP contribution in [0.2, 0.25) is 0 Å². The maximum absolute atomic E-state index is 10.6. The van der Waals surface area contributed by atoms with E-state index >= 15 is 0 Å². The van der Waals surface area contributed by atoms with Gasteiger partial charge in [-0.05, 0) is 27.2 Å². The average molecular weight is 209 g/mol. The molecular weight excluding hydrogens is 196 g/mol. The van der Waals surface area contributed by atoms with Gasteiger partial charge in [0.2, 0.25) is 0 Å². The minimum Gasteiger partial charge on any atom is -0.208 e. The minimum absolute atomic E-state index is 0.633. The molecule has 0 spiro atoms. The maximum atomic E-state index is 10.6. The van der Waals surface area contributed by atoms with Gasteiger partial charge in [0.1, 0.15) is 0 Å².